The molecule has 2 rings (SSSR count). The number of hydrogen-bond acceptors (Lipinski definition) is 1. The molecule has 2 heteroatoms. The van der Waals surface area contributed by atoms with Gasteiger partial charge >= 0.3 is 0 Å². The minimum Gasteiger partial charge on any atom is -0.381 e. The molecule has 0 saturated heterocycles. The molecule has 2 aromatic carbocycles. The van der Waals surface area contributed by atoms with Crippen molar-refractivity contribution in [2.45, 2.75) is 20.4 Å². The van der Waals surface area contributed by atoms with Gasteiger partial charge in [0.05, 0.1) is 0 Å². The average molecular weight is 229 g/mol. The zero-order valence-corrected chi connectivity index (χ0v) is 10.1. The van der Waals surface area contributed by atoms with Gasteiger partial charge in [0.1, 0.15) is 5.82 Å². The largest absolute Gasteiger partial charge is 0.381 e. The molecule has 1 nitrogen and oxygen atoms in total. The van der Waals surface area contributed by atoms with E-state index in [1.165, 1.54) is 17.2 Å². The van der Waals surface area contributed by atoms with Crippen LogP contribution in [0.5, 0.6) is 0 Å². The van der Waals surface area contributed by atoms with E-state index in [1.54, 1.807) is 13.0 Å². The van der Waals surface area contributed by atoms with Gasteiger partial charge in [-0.25, -0.2) is 4.39 Å². The molecule has 0 radical (unpaired) electrons. The second-order valence-electron chi connectivity index (χ2n) is 4.19. The summed E-state index contributed by atoms with van der Waals surface area (Å²) in [6, 6.07) is 13.3. The summed E-state index contributed by atoms with van der Waals surface area (Å²) in [6.07, 6.45) is 0. The molecular weight excluding hydrogens is 213 g/mol. The Morgan fingerprint density at radius 2 is 1.76 bits per heavy atom. The molecule has 0 saturated carbocycles. The SMILES string of the molecule is Cc1ccccc1CNc1cccc(F)c1C. The Morgan fingerprint density at radius 3 is 2.53 bits per heavy atom. The number of aryl methyl sites for hydroxylation is 1. The molecule has 0 spiro atoms. The summed E-state index contributed by atoms with van der Waals surface area (Å²) in [5.41, 5.74) is 4.00. The van der Waals surface area contributed by atoms with Crippen LogP contribution in [-0.2, 0) is 6.54 Å². The lowest BCUT2D eigenvalue weighted by molar-refractivity contribution is 0.619. The molecule has 0 fully saturated rings. The van der Waals surface area contributed by atoms with E-state index in [1.807, 2.05) is 18.2 Å². The first kappa shape index (κ1) is 11.6. The Hall–Kier alpha value is -1.83. The maximum Gasteiger partial charge on any atom is 0.128 e. The molecule has 17 heavy (non-hydrogen) atoms. The van der Waals surface area contributed by atoms with Gasteiger partial charge in [-0.1, -0.05) is 30.3 Å². The van der Waals surface area contributed by atoms with Crippen molar-refractivity contribution in [3.63, 3.8) is 0 Å². The highest BCUT2D eigenvalue weighted by Crippen LogP contribution is 2.18. The van der Waals surface area contributed by atoms with E-state index in [9.17, 15) is 4.39 Å². The van der Waals surface area contributed by atoms with E-state index in [4.69, 9.17) is 0 Å². The van der Waals surface area contributed by atoms with E-state index in [-0.39, 0.29) is 5.82 Å². The Labute approximate surface area is 101 Å². The summed E-state index contributed by atoms with van der Waals surface area (Å²) in [5, 5.41) is 3.27. The molecule has 0 atom stereocenters. The second kappa shape index (κ2) is 5.00. The van der Waals surface area contributed by atoms with Gasteiger partial charge in [-0.2, -0.15) is 0 Å². The van der Waals surface area contributed by atoms with Gasteiger partial charge in [-0.05, 0) is 37.1 Å². The van der Waals surface area contributed by atoms with Crippen LogP contribution in [-0.4, -0.2) is 0 Å². The van der Waals surface area contributed by atoms with Gasteiger partial charge in [-0.3, -0.25) is 0 Å². The molecule has 0 amide bonds. The van der Waals surface area contributed by atoms with Crippen molar-refractivity contribution < 1.29 is 4.39 Å². The summed E-state index contributed by atoms with van der Waals surface area (Å²) < 4.78 is 13.3. The number of halogens is 1. The molecule has 0 unspecified atom stereocenters. The van der Waals surface area contributed by atoms with Crippen molar-refractivity contribution in [2.24, 2.45) is 0 Å². The molecule has 0 aliphatic heterocycles. The fourth-order valence-corrected chi connectivity index (χ4v) is 1.80. The maximum absolute atomic E-state index is 13.3. The highest BCUT2D eigenvalue weighted by atomic mass is 19.1. The van der Waals surface area contributed by atoms with Crippen LogP contribution in [0, 0.1) is 19.7 Å². The van der Waals surface area contributed by atoms with Crippen LogP contribution >= 0.6 is 0 Å². The highest BCUT2D eigenvalue weighted by Gasteiger charge is 2.03. The zero-order valence-electron chi connectivity index (χ0n) is 10.1. The predicted molar refractivity (Wildman–Crippen MR) is 69.6 cm³/mol. The van der Waals surface area contributed by atoms with Gasteiger partial charge in [-0.15, -0.1) is 0 Å². The number of rotatable bonds is 3. The molecule has 88 valence electrons. The first-order valence-corrected chi connectivity index (χ1v) is 5.72. The molecule has 0 heterocycles. The highest BCUT2D eigenvalue weighted by molar-refractivity contribution is 5.51. The quantitative estimate of drug-likeness (QED) is 0.837. The Morgan fingerprint density at radius 1 is 1.00 bits per heavy atom. The van der Waals surface area contributed by atoms with Gasteiger partial charge in [0.25, 0.3) is 0 Å². The third kappa shape index (κ3) is 2.64. The van der Waals surface area contributed by atoms with E-state index in [0.29, 0.717) is 5.56 Å². The van der Waals surface area contributed by atoms with Crippen molar-refractivity contribution in [1.82, 2.24) is 0 Å². The van der Waals surface area contributed by atoms with Crippen LogP contribution < -0.4 is 5.32 Å². The third-order valence-corrected chi connectivity index (χ3v) is 3.00. The maximum atomic E-state index is 13.3. The summed E-state index contributed by atoms with van der Waals surface area (Å²) in [4.78, 5) is 0. The van der Waals surface area contributed by atoms with Crippen molar-refractivity contribution in [3.8, 4) is 0 Å². The fraction of sp³-hybridized carbons (Fsp3) is 0.200. The summed E-state index contributed by atoms with van der Waals surface area (Å²) in [7, 11) is 0. The van der Waals surface area contributed by atoms with E-state index in [0.717, 1.165) is 12.2 Å². The first-order valence-electron chi connectivity index (χ1n) is 5.72. The van der Waals surface area contributed by atoms with Gasteiger partial charge in [0.2, 0.25) is 0 Å². The topological polar surface area (TPSA) is 12.0 Å². The Balaban J connectivity index is 2.13. The Kier molecular flexibility index (Phi) is 3.43. The van der Waals surface area contributed by atoms with E-state index < -0.39 is 0 Å². The van der Waals surface area contributed by atoms with Crippen LogP contribution in [0.4, 0.5) is 10.1 Å². The first-order chi connectivity index (χ1) is 8.18. The second-order valence-corrected chi connectivity index (χ2v) is 4.19. The van der Waals surface area contributed by atoms with Crippen molar-refractivity contribution in [1.29, 1.82) is 0 Å². The molecule has 0 aromatic heterocycles. The third-order valence-electron chi connectivity index (χ3n) is 3.00. The van der Waals surface area contributed by atoms with Gasteiger partial charge in [0.15, 0.2) is 0 Å². The molecular formula is C15H16FN. The standard InChI is InChI=1S/C15H16FN/c1-11-6-3-4-7-13(11)10-17-15-9-5-8-14(16)12(15)2/h3-9,17H,10H2,1-2H3. The number of hydrogen-bond donors (Lipinski definition) is 1. The summed E-state index contributed by atoms with van der Waals surface area (Å²) >= 11 is 0. The smallest absolute Gasteiger partial charge is 0.128 e. The lowest BCUT2D eigenvalue weighted by Crippen LogP contribution is -2.03. The number of nitrogens with one attached hydrogen (secondary N) is 1. The number of benzene rings is 2. The summed E-state index contributed by atoms with van der Waals surface area (Å²) in [5.74, 6) is -0.167. The normalized spacial score (nSPS) is 10.3. The van der Waals surface area contributed by atoms with Gasteiger partial charge < -0.3 is 5.32 Å². The zero-order chi connectivity index (χ0) is 12.3. The molecule has 0 bridgehead atoms. The van der Waals surface area contributed by atoms with Crippen molar-refractivity contribution in [2.75, 3.05) is 5.32 Å². The van der Waals surface area contributed by atoms with Crippen LogP contribution in [0.15, 0.2) is 42.5 Å². The van der Waals surface area contributed by atoms with Crippen LogP contribution in [0.3, 0.4) is 0 Å². The lowest BCUT2D eigenvalue weighted by Gasteiger charge is -2.11. The van der Waals surface area contributed by atoms with Crippen LogP contribution in [0.25, 0.3) is 0 Å². The number of anilines is 1. The molecule has 1 N–H and O–H groups in total. The molecule has 0 aliphatic rings. The fourth-order valence-electron chi connectivity index (χ4n) is 1.80. The molecule has 0 aliphatic carbocycles. The van der Waals surface area contributed by atoms with Gasteiger partial charge in [0, 0.05) is 17.8 Å². The minimum absolute atomic E-state index is 0.167. The lowest BCUT2D eigenvalue weighted by atomic mass is 10.1. The Bertz CT molecular complexity index is 520. The van der Waals surface area contributed by atoms with Crippen molar-refractivity contribution >= 4 is 5.69 Å². The van der Waals surface area contributed by atoms with Crippen LogP contribution in [0.2, 0.25) is 0 Å². The van der Waals surface area contributed by atoms with Crippen LogP contribution in [0.1, 0.15) is 16.7 Å². The predicted octanol–water partition coefficient (Wildman–Crippen LogP) is 4.05. The van der Waals surface area contributed by atoms with E-state index >= 15 is 0 Å². The summed E-state index contributed by atoms with van der Waals surface area (Å²) in [6.45, 7) is 4.59. The van der Waals surface area contributed by atoms with E-state index in [2.05, 4.69) is 24.4 Å². The average Bonchev–Trinajstić information content (AvgIpc) is 2.33. The monoisotopic (exact) mass is 229 g/mol. The van der Waals surface area contributed by atoms with Crippen molar-refractivity contribution in [3.05, 3.63) is 65.0 Å². The minimum atomic E-state index is -0.167. The molecule has 2 aromatic rings.